The third kappa shape index (κ3) is 3.69. The lowest BCUT2D eigenvalue weighted by Crippen LogP contribution is -2.45. The van der Waals surface area contributed by atoms with Crippen molar-refractivity contribution in [1.82, 2.24) is 0 Å². The number of esters is 1. The van der Waals surface area contributed by atoms with Crippen LogP contribution in [0.2, 0.25) is 0 Å². The summed E-state index contributed by atoms with van der Waals surface area (Å²) in [4.78, 5) is 11.2. The van der Waals surface area contributed by atoms with E-state index >= 15 is 0 Å². The molecule has 0 rings (SSSR count). The van der Waals surface area contributed by atoms with Crippen molar-refractivity contribution in [2.45, 2.75) is 31.4 Å². The zero-order valence-corrected chi connectivity index (χ0v) is 10.1. The second-order valence-corrected chi connectivity index (χ2v) is 5.00. The molecular formula is C8H15FO6S. The van der Waals surface area contributed by atoms with Crippen molar-refractivity contribution in [1.29, 1.82) is 0 Å². The van der Waals surface area contributed by atoms with Crippen LogP contribution < -0.4 is 0 Å². The maximum absolute atomic E-state index is 13.8. The number of methoxy groups -OCH3 is 1. The summed E-state index contributed by atoms with van der Waals surface area (Å²) in [5, 5.41) is -3.48. The Morgan fingerprint density at radius 3 is 2.31 bits per heavy atom. The highest BCUT2D eigenvalue weighted by Crippen LogP contribution is 2.25. The molecule has 0 spiro atoms. The van der Waals surface area contributed by atoms with E-state index in [0.29, 0.717) is 0 Å². The van der Waals surface area contributed by atoms with Crippen LogP contribution in [0.4, 0.5) is 4.39 Å². The molecule has 1 unspecified atom stereocenters. The number of carbonyl (C=O) groups excluding carboxylic acids is 1. The van der Waals surface area contributed by atoms with Crippen LogP contribution in [0.1, 0.15) is 20.3 Å². The van der Waals surface area contributed by atoms with Crippen LogP contribution in [0.15, 0.2) is 0 Å². The predicted molar refractivity (Wildman–Crippen MR) is 53.1 cm³/mol. The fraction of sp³-hybridized carbons (Fsp3) is 0.875. The Labute approximate surface area is 93.5 Å². The maximum Gasteiger partial charge on any atom is 0.362 e. The molecule has 1 atom stereocenters. The van der Waals surface area contributed by atoms with Crippen LogP contribution in [0.25, 0.3) is 0 Å². The van der Waals surface area contributed by atoms with Crippen molar-refractivity contribution in [3.8, 4) is 0 Å². The SMILES string of the molecule is COCCC(F)(C(=O)OC(C)C)S(=O)(=O)O. The summed E-state index contributed by atoms with van der Waals surface area (Å²) < 4.78 is 53.0. The summed E-state index contributed by atoms with van der Waals surface area (Å²) >= 11 is 0. The minimum Gasteiger partial charge on any atom is -0.460 e. The van der Waals surface area contributed by atoms with Crippen LogP contribution in [-0.2, 0) is 24.4 Å². The first kappa shape index (κ1) is 15.3. The maximum atomic E-state index is 13.8. The number of rotatable bonds is 6. The molecule has 0 bridgehead atoms. The third-order valence-electron chi connectivity index (χ3n) is 1.68. The van der Waals surface area contributed by atoms with E-state index in [1.54, 1.807) is 0 Å². The number of hydrogen-bond donors (Lipinski definition) is 1. The summed E-state index contributed by atoms with van der Waals surface area (Å²) in [6, 6.07) is 0. The molecule has 6 nitrogen and oxygen atoms in total. The second kappa shape index (κ2) is 5.55. The Bertz CT molecular complexity index is 338. The van der Waals surface area contributed by atoms with Crippen molar-refractivity contribution in [3.63, 3.8) is 0 Å². The van der Waals surface area contributed by atoms with Crippen molar-refractivity contribution in [3.05, 3.63) is 0 Å². The zero-order valence-electron chi connectivity index (χ0n) is 9.27. The van der Waals surface area contributed by atoms with Crippen LogP contribution in [0.5, 0.6) is 0 Å². The van der Waals surface area contributed by atoms with Gasteiger partial charge in [-0.3, -0.25) is 4.55 Å². The second-order valence-electron chi connectivity index (χ2n) is 3.40. The first-order chi connectivity index (χ1) is 7.15. The van der Waals surface area contributed by atoms with Crippen LogP contribution >= 0.6 is 0 Å². The molecule has 0 aliphatic heterocycles. The first-order valence-corrected chi connectivity index (χ1v) is 5.95. The molecule has 0 radical (unpaired) electrons. The molecule has 0 heterocycles. The van der Waals surface area contributed by atoms with Gasteiger partial charge in [0.05, 0.1) is 12.7 Å². The fourth-order valence-corrected chi connectivity index (χ4v) is 1.47. The number of hydrogen-bond acceptors (Lipinski definition) is 5. The Morgan fingerprint density at radius 1 is 1.50 bits per heavy atom. The molecule has 96 valence electrons. The Morgan fingerprint density at radius 2 is 2.00 bits per heavy atom. The molecule has 1 N–H and O–H groups in total. The van der Waals surface area contributed by atoms with Crippen LogP contribution in [0.3, 0.4) is 0 Å². The Kier molecular flexibility index (Phi) is 5.30. The van der Waals surface area contributed by atoms with E-state index in [9.17, 15) is 17.6 Å². The van der Waals surface area contributed by atoms with Crippen LogP contribution in [-0.4, -0.2) is 43.8 Å². The van der Waals surface area contributed by atoms with Gasteiger partial charge in [-0.1, -0.05) is 0 Å². The largest absolute Gasteiger partial charge is 0.460 e. The number of carbonyl (C=O) groups is 1. The summed E-state index contributed by atoms with van der Waals surface area (Å²) in [5.41, 5.74) is 0. The smallest absolute Gasteiger partial charge is 0.362 e. The van der Waals surface area contributed by atoms with E-state index < -0.39 is 33.6 Å². The summed E-state index contributed by atoms with van der Waals surface area (Å²) in [7, 11) is -4.00. The van der Waals surface area contributed by atoms with Gasteiger partial charge in [0.25, 0.3) is 0 Å². The first-order valence-electron chi connectivity index (χ1n) is 4.51. The highest BCUT2D eigenvalue weighted by atomic mass is 32.2. The average molecular weight is 258 g/mol. The summed E-state index contributed by atoms with van der Waals surface area (Å²) in [6.45, 7) is 2.51. The lowest BCUT2D eigenvalue weighted by atomic mass is 10.3. The fourth-order valence-electron chi connectivity index (χ4n) is 0.872. The number of halogens is 1. The highest BCUT2D eigenvalue weighted by Gasteiger charge is 2.52. The van der Waals surface area contributed by atoms with Gasteiger partial charge in [-0.15, -0.1) is 0 Å². The number of alkyl halides is 1. The van der Waals surface area contributed by atoms with E-state index in [2.05, 4.69) is 9.47 Å². The average Bonchev–Trinajstić information content (AvgIpc) is 2.10. The summed E-state index contributed by atoms with van der Waals surface area (Å²) in [5.74, 6) is -1.64. The van der Waals surface area contributed by atoms with Crippen molar-refractivity contribution in [2.24, 2.45) is 0 Å². The molecule has 0 saturated heterocycles. The molecule has 0 aliphatic carbocycles. The van der Waals surface area contributed by atoms with E-state index in [4.69, 9.17) is 4.55 Å². The summed E-state index contributed by atoms with van der Waals surface area (Å²) in [6.07, 6.45) is -1.51. The van der Waals surface area contributed by atoms with Gasteiger partial charge in [0.2, 0.25) is 0 Å². The van der Waals surface area contributed by atoms with Gasteiger partial charge in [0.15, 0.2) is 0 Å². The molecule has 0 amide bonds. The van der Waals surface area contributed by atoms with Crippen molar-refractivity contribution in [2.75, 3.05) is 13.7 Å². The number of ether oxygens (including phenoxy) is 2. The molecule has 0 aromatic carbocycles. The molecular weight excluding hydrogens is 243 g/mol. The van der Waals surface area contributed by atoms with Gasteiger partial charge in [0, 0.05) is 13.5 Å². The van der Waals surface area contributed by atoms with Crippen LogP contribution in [0, 0.1) is 0 Å². The van der Waals surface area contributed by atoms with Gasteiger partial charge in [0.1, 0.15) is 0 Å². The van der Waals surface area contributed by atoms with Gasteiger partial charge >= 0.3 is 21.1 Å². The zero-order chi connectivity index (χ0) is 13.0. The topological polar surface area (TPSA) is 89.9 Å². The Hall–Kier alpha value is -0.730. The molecule has 0 aliphatic rings. The van der Waals surface area contributed by atoms with Crippen molar-refractivity contribution >= 4 is 16.1 Å². The lowest BCUT2D eigenvalue weighted by Gasteiger charge is -2.21. The van der Waals surface area contributed by atoms with Gasteiger partial charge in [-0.25, -0.2) is 9.18 Å². The third-order valence-corrected chi connectivity index (χ3v) is 2.87. The molecule has 16 heavy (non-hydrogen) atoms. The molecule has 8 heteroatoms. The van der Waals surface area contributed by atoms with E-state index in [-0.39, 0.29) is 6.61 Å². The minimum atomic E-state index is -5.20. The molecule has 0 fully saturated rings. The van der Waals surface area contributed by atoms with E-state index in [0.717, 1.165) is 0 Å². The minimum absolute atomic E-state index is 0.344. The molecule has 0 aromatic heterocycles. The standard InChI is InChI=1S/C8H15FO6S/c1-6(2)15-7(10)8(9,4-5-14-3)16(11,12)13/h6H,4-5H2,1-3H3,(H,11,12,13). The van der Waals surface area contributed by atoms with Gasteiger partial charge in [-0.05, 0) is 13.8 Å². The van der Waals surface area contributed by atoms with Crippen molar-refractivity contribution < 1.29 is 31.6 Å². The normalized spacial score (nSPS) is 15.9. The van der Waals surface area contributed by atoms with Gasteiger partial charge in [-0.2, -0.15) is 8.42 Å². The van der Waals surface area contributed by atoms with E-state index in [1.807, 2.05) is 0 Å². The molecule has 0 saturated carbocycles. The highest BCUT2D eigenvalue weighted by molar-refractivity contribution is 7.87. The quantitative estimate of drug-likeness (QED) is 0.552. The molecule has 0 aromatic rings. The monoisotopic (exact) mass is 258 g/mol. The van der Waals surface area contributed by atoms with E-state index in [1.165, 1.54) is 21.0 Å². The lowest BCUT2D eigenvalue weighted by molar-refractivity contribution is -0.157. The predicted octanol–water partition coefficient (Wildman–Crippen LogP) is 0.528. The Balaban J connectivity index is 5.01. The van der Waals surface area contributed by atoms with Gasteiger partial charge < -0.3 is 9.47 Å².